The minimum Gasteiger partial charge on any atom is -0.325 e. The smallest absolute Gasteiger partial charge is 0.241 e. The highest BCUT2D eigenvalue weighted by Gasteiger charge is 2.20. The predicted molar refractivity (Wildman–Crippen MR) is 116 cm³/mol. The molecule has 5 nitrogen and oxygen atoms in total. The highest BCUT2D eigenvalue weighted by atomic mass is 16.2. The summed E-state index contributed by atoms with van der Waals surface area (Å²) in [5.41, 5.74) is 4.89. The second-order valence-electron chi connectivity index (χ2n) is 7.72. The van der Waals surface area contributed by atoms with Crippen molar-refractivity contribution in [2.45, 2.75) is 46.6 Å². The molecule has 0 aromatic heterocycles. The lowest BCUT2D eigenvalue weighted by Crippen LogP contribution is -2.43. The van der Waals surface area contributed by atoms with Gasteiger partial charge in [-0.15, -0.1) is 0 Å². The van der Waals surface area contributed by atoms with Gasteiger partial charge in [-0.3, -0.25) is 14.5 Å². The number of benzene rings is 2. The molecule has 28 heavy (non-hydrogen) atoms. The number of rotatable bonds is 7. The first-order valence-electron chi connectivity index (χ1n) is 9.65. The molecule has 0 fully saturated rings. The average molecular weight is 382 g/mol. The molecule has 0 radical (unpaired) electrons. The van der Waals surface area contributed by atoms with Crippen LogP contribution in [0.5, 0.6) is 0 Å². The third-order valence-electron chi connectivity index (χ3n) is 4.95. The maximum Gasteiger partial charge on any atom is 0.241 e. The van der Waals surface area contributed by atoms with Crippen molar-refractivity contribution in [1.82, 2.24) is 4.90 Å². The van der Waals surface area contributed by atoms with Crippen molar-refractivity contribution in [3.05, 3.63) is 59.2 Å². The molecule has 0 unspecified atom stereocenters. The molecule has 150 valence electrons. The molecule has 5 heteroatoms. The molecule has 2 aromatic carbocycles. The fourth-order valence-electron chi connectivity index (χ4n) is 2.82. The topological polar surface area (TPSA) is 61.4 Å². The quantitative estimate of drug-likeness (QED) is 0.751. The van der Waals surface area contributed by atoms with Gasteiger partial charge in [-0.05, 0) is 68.6 Å². The van der Waals surface area contributed by atoms with Crippen molar-refractivity contribution in [2.75, 3.05) is 24.2 Å². The summed E-state index contributed by atoms with van der Waals surface area (Å²) in [4.78, 5) is 26.6. The van der Waals surface area contributed by atoms with Crippen molar-refractivity contribution in [1.29, 1.82) is 0 Å². The molecule has 0 spiro atoms. The summed E-state index contributed by atoms with van der Waals surface area (Å²) in [6.45, 7) is 10.1. The highest BCUT2D eigenvalue weighted by molar-refractivity contribution is 5.96. The summed E-state index contributed by atoms with van der Waals surface area (Å²) in [6.07, 6.45) is 0. The van der Waals surface area contributed by atoms with Crippen LogP contribution in [-0.4, -0.2) is 36.3 Å². The standard InChI is InChI=1S/C23H31N3O2/c1-15(2)19-9-11-20(12-10-19)24-23(28)18(5)26(6)14-22(27)25-21-13-16(3)7-8-17(21)4/h7-13,15,18H,14H2,1-6H3,(H,24,28)(H,25,27)/t18-/m1/s1. The van der Waals surface area contributed by atoms with Gasteiger partial charge in [-0.1, -0.05) is 38.1 Å². The van der Waals surface area contributed by atoms with E-state index in [9.17, 15) is 9.59 Å². The minimum atomic E-state index is -0.436. The van der Waals surface area contributed by atoms with E-state index in [-0.39, 0.29) is 18.4 Å². The molecule has 2 amide bonds. The summed E-state index contributed by atoms with van der Waals surface area (Å²) < 4.78 is 0. The number of carbonyl (C=O) groups is 2. The lowest BCUT2D eigenvalue weighted by Gasteiger charge is -2.23. The Morgan fingerprint density at radius 1 is 0.964 bits per heavy atom. The van der Waals surface area contributed by atoms with Crippen LogP contribution in [-0.2, 0) is 9.59 Å². The molecule has 2 rings (SSSR count). The summed E-state index contributed by atoms with van der Waals surface area (Å²) in [7, 11) is 1.77. The van der Waals surface area contributed by atoms with Gasteiger partial charge in [0.05, 0.1) is 12.6 Å². The second kappa shape index (κ2) is 9.51. The van der Waals surface area contributed by atoms with Crippen molar-refractivity contribution in [3.63, 3.8) is 0 Å². The number of hydrogen-bond donors (Lipinski definition) is 2. The summed E-state index contributed by atoms with van der Waals surface area (Å²) in [5.74, 6) is 0.168. The number of anilines is 2. The molecule has 0 aliphatic rings. The van der Waals surface area contributed by atoms with Gasteiger partial charge in [0.15, 0.2) is 0 Å². The maximum atomic E-state index is 12.5. The van der Waals surface area contributed by atoms with Crippen LogP contribution in [0.25, 0.3) is 0 Å². The molecule has 2 N–H and O–H groups in total. The van der Waals surface area contributed by atoms with Gasteiger partial charge in [0.1, 0.15) is 0 Å². The second-order valence-corrected chi connectivity index (χ2v) is 7.72. The zero-order chi connectivity index (χ0) is 20.8. The van der Waals surface area contributed by atoms with Crippen LogP contribution in [0.4, 0.5) is 11.4 Å². The Morgan fingerprint density at radius 2 is 1.61 bits per heavy atom. The van der Waals surface area contributed by atoms with Gasteiger partial charge in [0.25, 0.3) is 0 Å². The Bertz CT molecular complexity index is 828. The van der Waals surface area contributed by atoms with E-state index in [1.54, 1.807) is 18.9 Å². The molecule has 0 saturated carbocycles. The molecule has 0 bridgehead atoms. The third-order valence-corrected chi connectivity index (χ3v) is 4.95. The normalized spacial score (nSPS) is 12.1. The first kappa shape index (κ1) is 21.6. The first-order chi connectivity index (χ1) is 13.2. The van der Waals surface area contributed by atoms with Crippen molar-refractivity contribution in [3.8, 4) is 0 Å². The van der Waals surface area contributed by atoms with Gasteiger partial charge in [-0.2, -0.15) is 0 Å². The SMILES string of the molecule is Cc1ccc(C)c(NC(=O)CN(C)[C@H](C)C(=O)Nc2ccc(C(C)C)cc2)c1. The molecule has 0 saturated heterocycles. The zero-order valence-electron chi connectivity index (χ0n) is 17.7. The molecule has 1 atom stereocenters. The van der Waals surface area contributed by atoms with E-state index in [1.807, 2.05) is 56.3 Å². The first-order valence-corrected chi connectivity index (χ1v) is 9.65. The van der Waals surface area contributed by atoms with Gasteiger partial charge in [-0.25, -0.2) is 0 Å². The van der Waals surface area contributed by atoms with E-state index >= 15 is 0 Å². The Kier molecular flexibility index (Phi) is 7.35. The molecule has 2 aromatic rings. The number of nitrogens with zero attached hydrogens (tertiary/aromatic N) is 1. The molecule has 0 aliphatic carbocycles. The van der Waals surface area contributed by atoms with Crippen LogP contribution >= 0.6 is 0 Å². The minimum absolute atomic E-state index is 0.133. The van der Waals surface area contributed by atoms with Crippen molar-refractivity contribution in [2.24, 2.45) is 0 Å². The van der Waals surface area contributed by atoms with Crippen molar-refractivity contribution >= 4 is 23.2 Å². The van der Waals surface area contributed by atoms with Crippen LogP contribution < -0.4 is 10.6 Å². The third kappa shape index (κ3) is 5.92. The van der Waals surface area contributed by atoms with E-state index in [2.05, 4.69) is 24.5 Å². The molecular formula is C23H31N3O2. The van der Waals surface area contributed by atoms with E-state index in [0.29, 0.717) is 5.92 Å². The fraction of sp³-hybridized carbons (Fsp3) is 0.391. The van der Waals surface area contributed by atoms with Crippen LogP contribution in [0.3, 0.4) is 0 Å². The van der Waals surface area contributed by atoms with E-state index in [4.69, 9.17) is 0 Å². The zero-order valence-corrected chi connectivity index (χ0v) is 17.7. The summed E-state index contributed by atoms with van der Waals surface area (Å²) in [6, 6.07) is 13.4. The van der Waals surface area contributed by atoms with Gasteiger partial charge in [0, 0.05) is 11.4 Å². The Morgan fingerprint density at radius 3 is 2.21 bits per heavy atom. The Balaban J connectivity index is 1.91. The number of amides is 2. The molecular weight excluding hydrogens is 350 g/mol. The largest absolute Gasteiger partial charge is 0.325 e. The number of carbonyl (C=O) groups excluding carboxylic acids is 2. The summed E-state index contributed by atoms with van der Waals surface area (Å²) in [5, 5.41) is 5.85. The fourth-order valence-corrected chi connectivity index (χ4v) is 2.82. The lowest BCUT2D eigenvalue weighted by atomic mass is 10.0. The lowest BCUT2D eigenvalue weighted by molar-refractivity contribution is -0.122. The monoisotopic (exact) mass is 381 g/mol. The number of nitrogens with one attached hydrogen (secondary N) is 2. The van der Waals surface area contributed by atoms with Gasteiger partial charge in [0.2, 0.25) is 11.8 Å². The Hall–Kier alpha value is -2.66. The van der Waals surface area contributed by atoms with Crippen LogP contribution in [0.2, 0.25) is 0 Å². The van der Waals surface area contributed by atoms with E-state index < -0.39 is 6.04 Å². The van der Waals surface area contributed by atoms with E-state index in [1.165, 1.54) is 5.56 Å². The molecule has 0 aliphatic heterocycles. The van der Waals surface area contributed by atoms with Gasteiger partial charge < -0.3 is 10.6 Å². The predicted octanol–water partition coefficient (Wildman–Crippen LogP) is 4.32. The maximum absolute atomic E-state index is 12.5. The van der Waals surface area contributed by atoms with Crippen LogP contribution in [0, 0.1) is 13.8 Å². The van der Waals surface area contributed by atoms with E-state index in [0.717, 1.165) is 22.5 Å². The Labute approximate surface area is 168 Å². The van der Waals surface area contributed by atoms with Crippen LogP contribution in [0.15, 0.2) is 42.5 Å². The molecule has 0 heterocycles. The van der Waals surface area contributed by atoms with Gasteiger partial charge >= 0.3 is 0 Å². The summed E-state index contributed by atoms with van der Waals surface area (Å²) >= 11 is 0. The van der Waals surface area contributed by atoms with Crippen molar-refractivity contribution < 1.29 is 9.59 Å². The number of likely N-dealkylation sites (N-methyl/N-ethyl adjacent to an activating group) is 1. The number of hydrogen-bond acceptors (Lipinski definition) is 3. The number of aryl methyl sites for hydroxylation is 2. The highest BCUT2D eigenvalue weighted by Crippen LogP contribution is 2.18. The van der Waals surface area contributed by atoms with Crippen LogP contribution in [0.1, 0.15) is 43.4 Å². The average Bonchev–Trinajstić information content (AvgIpc) is 2.64.